The van der Waals surface area contributed by atoms with E-state index in [-0.39, 0.29) is 24.0 Å². The molecular formula is C15H24IN3S. The van der Waals surface area contributed by atoms with Crippen molar-refractivity contribution in [3.63, 3.8) is 0 Å². The van der Waals surface area contributed by atoms with Crippen LogP contribution in [-0.2, 0) is 0 Å². The van der Waals surface area contributed by atoms with Crippen LogP contribution in [0.25, 0.3) is 0 Å². The molecule has 20 heavy (non-hydrogen) atoms. The summed E-state index contributed by atoms with van der Waals surface area (Å²) in [5.41, 5.74) is 8.27. The lowest BCUT2D eigenvalue weighted by Crippen LogP contribution is -2.24. The molecular weight excluding hydrogens is 381 g/mol. The first-order valence-corrected chi connectivity index (χ1v) is 7.98. The smallest absolute Gasteiger partial charge is 0.193 e. The van der Waals surface area contributed by atoms with Gasteiger partial charge in [-0.3, -0.25) is 4.99 Å². The molecule has 1 fully saturated rings. The van der Waals surface area contributed by atoms with E-state index in [2.05, 4.69) is 42.4 Å². The Morgan fingerprint density at radius 1 is 1.50 bits per heavy atom. The van der Waals surface area contributed by atoms with Gasteiger partial charge in [-0.25, -0.2) is 0 Å². The number of guanidine groups is 1. The third-order valence-corrected chi connectivity index (χ3v) is 4.70. The fraction of sp³-hybridized carbons (Fsp3) is 0.533. The molecule has 1 aromatic rings. The third kappa shape index (κ3) is 5.52. The fourth-order valence-electron chi connectivity index (χ4n) is 2.15. The molecule has 0 aliphatic carbocycles. The predicted octanol–water partition coefficient (Wildman–Crippen LogP) is 4.05. The molecule has 1 saturated heterocycles. The van der Waals surface area contributed by atoms with Crippen molar-refractivity contribution in [2.45, 2.75) is 37.9 Å². The van der Waals surface area contributed by atoms with Crippen molar-refractivity contribution in [1.29, 1.82) is 0 Å². The minimum Gasteiger partial charge on any atom is -0.370 e. The molecule has 0 spiro atoms. The molecule has 3 N–H and O–H groups in total. The average molecular weight is 405 g/mol. The topological polar surface area (TPSA) is 50.4 Å². The number of hydrogen-bond donors (Lipinski definition) is 2. The number of halogens is 1. The van der Waals surface area contributed by atoms with E-state index in [1.807, 2.05) is 17.8 Å². The monoisotopic (exact) mass is 405 g/mol. The van der Waals surface area contributed by atoms with Crippen molar-refractivity contribution >= 4 is 47.4 Å². The van der Waals surface area contributed by atoms with Gasteiger partial charge in [-0.05, 0) is 42.2 Å². The fourth-order valence-corrected chi connectivity index (χ4v) is 3.33. The van der Waals surface area contributed by atoms with Gasteiger partial charge >= 0.3 is 0 Å². The highest BCUT2D eigenvalue weighted by Crippen LogP contribution is 2.26. The Hall–Kier alpha value is -0.430. The summed E-state index contributed by atoms with van der Waals surface area (Å²) in [7, 11) is 0. The Morgan fingerprint density at radius 3 is 2.95 bits per heavy atom. The maximum atomic E-state index is 5.94. The zero-order chi connectivity index (χ0) is 13.7. The van der Waals surface area contributed by atoms with Gasteiger partial charge in [-0.2, -0.15) is 11.8 Å². The van der Waals surface area contributed by atoms with Crippen molar-refractivity contribution in [2.24, 2.45) is 10.7 Å². The van der Waals surface area contributed by atoms with Crippen molar-refractivity contribution in [2.75, 3.05) is 17.6 Å². The number of nitrogens with zero attached hydrogens (tertiary/aromatic N) is 1. The van der Waals surface area contributed by atoms with Gasteiger partial charge in [0.15, 0.2) is 5.96 Å². The second-order valence-electron chi connectivity index (χ2n) is 5.27. The van der Waals surface area contributed by atoms with Crippen LogP contribution < -0.4 is 11.1 Å². The number of nitrogens with one attached hydrogen (secondary N) is 1. The quantitative estimate of drug-likeness (QED) is 0.452. The number of thioether (sulfide) groups is 1. The first-order chi connectivity index (χ1) is 9.15. The molecule has 1 aliphatic heterocycles. The second-order valence-corrected chi connectivity index (χ2v) is 6.67. The number of anilines is 1. The van der Waals surface area contributed by atoms with E-state index < -0.39 is 0 Å². The largest absolute Gasteiger partial charge is 0.370 e. The maximum absolute atomic E-state index is 5.94. The number of benzene rings is 1. The highest BCUT2D eigenvalue weighted by atomic mass is 127. The molecule has 1 atom stereocenters. The summed E-state index contributed by atoms with van der Waals surface area (Å²) < 4.78 is 0. The molecule has 0 radical (unpaired) electrons. The first-order valence-electron chi connectivity index (χ1n) is 6.93. The van der Waals surface area contributed by atoms with Crippen LogP contribution in [0.15, 0.2) is 29.3 Å². The van der Waals surface area contributed by atoms with E-state index in [1.165, 1.54) is 24.2 Å². The Bertz CT molecular complexity index is 442. The molecule has 1 unspecified atom stereocenters. The van der Waals surface area contributed by atoms with Gasteiger partial charge in [0, 0.05) is 10.9 Å². The summed E-state index contributed by atoms with van der Waals surface area (Å²) in [6, 6.07) is 8.35. The first kappa shape index (κ1) is 17.6. The number of rotatable bonds is 4. The summed E-state index contributed by atoms with van der Waals surface area (Å²) >= 11 is 2.01. The van der Waals surface area contributed by atoms with Crippen LogP contribution in [0.5, 0.6) is 0 Å². The van der Waals surface area contributed by atoms with Gasteiger partial charge < -0.3 is 11.1 Å². The van der Waals surface area contributed by atoms with Crippen LogP contribution in [0.3, 0.4) is 0 Å². The highest BCUT2D eigenvalue weighted by Gasteiger charge is 2.14. The molecule has 0 amide bonds. The van der Waals surface area contributed by atoms with Gasteiger partial charge in [-0.1, -0.05) is 26.0 Å². The van der Waals surface area contributed by atoms with Gasteiger partial charge in [-0.15, -0.1) is 24.0 Å². The Labute approximate surface area is 143 Å². The highest BCUT2D eigenvalue weighted by molar-refractivity contribution is 14.0. The van der Waals surface area contributed by atoms with E-state index >= 15 is 0 Å². The van der Waals surface area contributed by atoms with E-state index in [0.29, 0.717) is 17.1 Å². The van der Waals surface area contributed by atoms with Gasteiger partial charge in [0.25, 0.3) is 0 Å². The Kier molecular flexibility index (Phi) is 7.72. The summed E-state index contributed by atoms with van der Waals surface area (Å²) in [5.74, 6) is 2.31. The summed E-state index contributed by atoms with van der Waals surface area (Å²) in [6.07, 6.45) is 2.58. The Balaban J connectivity index is 0.00000200. The van der Waals surface area contributed by atoms with Crippen LogP contribution in [0.2, 0.25) is 0 Å². The lowest BCUT2D eigenvalue weighted by Gasteiger charge is -2.10. The van der Waals surface area contributed by atoms with Gasteiger partial charge in [0.2, 0.25) is 0 Å². The van der Waals surface area contributed by atoms with Crippen molar-refractivity contribution in [1.82, 2.24) is 0 Å². The van der Waals surface area contributed by atoms with Crippen LogP contribution in [-0.4, -0.2) is 23.5 Å². The summed E-state index contributed by atoms with van der Waals surface area (Å²) in [4.78, 5) is 4.44. The molecule has 0 bridgehead atoms. The SMILES string of the molecule is CC(C)c1cccc(NC(N)=NCC2CCCS2)c1.I. The normalized spacial score (nSPS) is 18.9. The van der Waals surface area contributed by atoms with Crippen molar-refractivity contribution < 1.29 is 0 Å². The number of aliphatic imine (C=N–C) groups is 1. The average Bonchev–Trinajstić information content (AvgIpc) is 2.90. The zero-order valence-electron chi connectivity index (χ0n) is 12.1. The number of hydrogen-bond acceptors (Lipinski definition) is 2. The maximum Gasteiger partial charge on any atom is 0.193 e. The van der Waals surface area contributed by atoms with Crippen molar-refractivity contribution in [3.05, 3.63) is 29.8 Å². The third-order valence-electron chi connectivity index (χ3n) is 3.31. The Morgan fingerprint density at radius 2 is 2.30 bits per heavy atom. The molecule has 0 aromatic heterocycles. The predicted molar refractivity (Wildman–Crippen MR) is 102 cm³/mol. The molecule has 1 aliphatic rings. The molecule has 0 saturated carbocycles. The van der Waals surface area contributed by atoms with E-state index in [9.17, 15) is 0 Å². The van der Waals surface area contributed by atoms with E-state index in [1.54, 1.807) is 0 Å². The minimum absolute atomic E-state index is 0. The van der Waals surface area contributed by atoms with Crippen LogP contribution in [0.4, 0.5) is 5.69 Å². The second kappa shape index (κ2) is 8.77. The molecule has 5 heteroatoms. The lowest BCUT2D eigenvalue weighted by atomic mass is 10.0. The lowest BCUT2D eigenvalue weighted by molar-refractivity contribution is 0.786. The zero-order valence-corrected chi connectivity index (χ0v) is 15.3. The standard InChI is InChI=1S/C15H23N3S.HI/c1-11(2)12-5-3-6-13(9-12)18-15(16)17-10-14-7-4-8-19-14;/h3,5-6,9,11,14H,4,7-8,10H2,1-2H3,(H3,16,17,18);1H. The molecule has 1 heterocycles. The van der Waals surface area contributed by atoms with E-state index in [4.69, 9.17) is 5.73 Å². The van der Waals surface area contributed by atoms with Crippen LogP contribution in [0.1, 0.15) is 38.2 Å². The minimum atomic E-state index is 0. The number of nitrogens with two attached hydrogens (primary N) is 1. The summed E-state index contributed by atoms with van der Waals surface area (Å²) in [6.45, 7) is 5.20. The van der Waals surface area contributed by atoms with Crippen LogP contribution >= 0.6 is 35.7 Å². The van der Waals surface area contributed by atoms with E-state index in [0.717, 1.165) is 12.2 Å². The molecule has 1 aromatic carbocycles. The summed E-state index contributed by atoms with van der Waals surface area (Å²) in [5, 5.41) is 3.83. The molecule has 112 valence electrons. The van der Waals surface area contributed by atoms with Crippen LogP contribution in [0, 0.1) is 0 Å². The van der Waals surface area contributed by atoms with Gasteiger partial charge in [0.05, 0.1) is 6.54 Å². The van der Waals surface area contributed by atoms with Gasteiger partial charge in [0.1, 0.15) is 0 Å². The van der Waals surface area contributed by atoms with Crippen molar-refractivity contribution in [3.8, 4) is 0 Å². The molecule has 3 nitrogen and oxygen atoms in total. The molecule has 2 rings (SSSR count).